The van der Waals surface area contributed by atoms with Crippen LogP contribution in [0, 0.1) is 0 Å². The molecule has 178 valence electrons. The van der Waals surface area contributed by atoms with Crippen molar-refractivity contribution in [1.82, 2.24) is 28.7 Å². The predicted molar refractivity (Wildman–Crippen MR) is 137 cm³/mol. The number of aryl methyl sites for hydroxylation is 1. The number of fused-ring (bicyclic) bond motifs is 3. The first kappa shape index (κ1) is 22.1. The fourth-order valence-corrected chi connectivity index (χ4v) is 5.70. The average molecular weight is 487 g/mol. The third kappa shape index (κ3) is 3.94. The summed E-state index contributed by atoms with van der Waals surface area (Å²) in [6.07, 6.45) is 4.30. The summed E-state index contributed by atoms with van der Waals surface area (Å²) >= 11 is 1.63. The van der Waals surface area contributed by atoms with E-state index >= 15 is 0 Å². The van der Waals surface area contributed by atoms with Gasteiger partial charge in [0.05, 0.1) is 41.2 Å². The van der Waals surface area contributed by atoms with Crippen LogP contribution in [-0.4, -0.2) is 41.4 Å². The second-order valence-corrected chi connectivity index (χ2v) is 9.59. The Hall–Kier alpha value is -3.43. The Morgan fingerprint density at radius 3 is 2.69 bits per heavy atom. The minimum Gasteiger partial charge on any atom is -0.376 e. The van der Waals surface area contributed by atoms with Gasteiger partial charge in [-0.15, -0.1) is 10.2 Å². The third-order valence-electron chi connectivity index (χ3n) is 6.52. The van der Waals surface area contributed by atoms with Gasteiger partial charge in [-0.25, -0.2) is 4.98 Å². The Bertz CT molecular complexity index is 1550. The van der Waals surface area contributed by atoms with Gasteiger partial charge in [0.2, 0.25) is 5.78 Å². The van der Waals surface area contributed by atoms with Crippen LogP contribution >= 0.6 is 11.8 Å². The molecule has 1 fully saturated rings. The van der Waals surface area contributed by atoms with Crippen LogP contribution < -0.4 is 5.56 Å². The van der Waals surface area contributed by atoms with Gasteiger partial charge in [-0.05, 0) is 37.5 Å². The Morgan fingerprint density at radius 1 is 1.06 bits per heavy atom. The van der Waals surface area contributed by atoms with Gasteiger partial charge in [-0.2, -0.15) is 0 Å². The second kappa shape index (κ2) is 9.31. The number of hydrogen-bond donors (Lipinski definition) is 0. The van der Waals surface area contributed by atoms with Crippen LogP contribution in [0.3, 0.4) is 0 Å². The molecule has 0 saturated carbocycles. The molecule has 2 aromatic carbocycles. The molecule has 1 unspecified atom stereocenters. The largest absolute Gasteiger partial charge is 0.376 e. The summed E-state index contributed by atoms with van der Waals surface area (Å²) in [6.45, 7) is 4.07. The first-order valence-corrected chi connectivity index (χ1v) is 12.9. The van der Waals surface area contributed by atoms with Gasteiger partial charge < -0.3 is 9.30 Å². The van der Waals surface area contributed by atoms with Crippen LogP contribution in [0.1, 0.15) is 25.6 Å². The number of thioether (sulfide) groups is 1. The van der Waals surface area contributed by atoms with Crippen LogP contribution in [0.25, 0.3) is 27.9 Å². The summed E-state index contributed by atoms with van der Waals surface area (Å²) < 4.78 is 11.9. The van der Waals surface area contributed by atoms with Crippen molar-refractivity contribution in [2.45, 2.75) is 49.9 Å². The first-order valence-electron chi connectivity index (χ1n) is 12.0. The number of benzene rings is 2. The molecule has 1 aliphatic heterocycles. The normalized spacial score (nSPS) is 16.0. The molecule has 1 aliphatic rings. The van der Waals surface area contributed by atoms with Gasteiger partial charge in [0, 0.05) is 13.2 Å². The zero-order valence-electron chi connectivity index (χ0n) is 19.5. The highest BCUT2D eigenvalue weighted by Crippen LogP contribution is 2.30. The van der Waals surface area contributed by atoms with Crippen molar-refractivity contribution in [3.05, 3.63) is 77.0 Å². The summed E-state index contributed by atoms with van der Waals surface area (Å²) in [5.74, 6) is 1.93. The molecule has 0 N–H and O–H groups in total. The Morgan fingerprint density at radius 2 is 1.89 bits per heavy atom. The molecule has 0 aliphatic carbocycles. The molecule has 5 aromatic rings. The van der Waals surface area contributed by atoms with E-state index in [2.05, 4.69) is 26.9 Å². The fourth-order valence-electron chi connectivity index (χ4n) is 4.80. The van der Waals surface area contributed by atoms with Crippen LogP contribution in [0.4, 0.5) is 0 Å². The van der Waals surface area contributed by atoms with E-state index in [1.54, 1.807) is 16.3 Å². The number of para-hydroxylation sites is 1. The van der Waals surface area contributed by atoms with E-state index in [1.807, 2.05) is 60.0 Å². The summed E-state index contributed by atoms with van der Waals surface area (Å²) in [5, 5.41) is 10.5. The van der Waals surface area contributed by atoms with E-state index in [0.717, 1.165) is 53.7 Å². The molecule has 1 saturated heterocycles. The van der Waals surface area contributed by atoms with E-state index < -0.39 is 0 Å². The molecule has 0 amide bonds. The maximum Gasteiger partial charge on any atom is 0.262 e. The molecule has 0 spiro atoms. The maximum absolute atomic E-state index is 13.0. The maximum atomic E-state index is 13.0. The highest BCUT2D eigenvalue weighted by atomic mass is 32.2. The number of hydrogen-bond acceptors (Lipinski definition) is 6. The SMILES string of the molecule is CCn1c(=O)c2ccccc2n2c(CSc3ncc(-c4ccccc4)n3CC3CCCO3)nnc12. The molecule has 0 bridgehead atoms. The molecular weight excluding hydrogens is 460 g/mol. The number of nitrogens with zero attached hydrogens (tertiary/aromatic N) is 6. The van der Waals surface area contributed by atoms with Crippen LogP contribution in [0.5, 0.6) is 0 Å². The molecular formula is C26H26N6O2S. The predicted octanol–water partition coefficient (Wildman–Crippen LogP) is 4.40. The number of aromatic nitrogens is 6. The minimum atomic E-state index is -0.0400. The van der Waals surface area contributed by atoms with Gasteiger partial charge >= 0.3 is 0 Å². The summed E-state index contributed by atoms with van der Waals surface area (Å²) in [5.41, 5.74) is 3.00. The van der Waals surface area contributed by atoms with Crippen LogP contribution in [0.2, 0.25) is 0 Å². The Labute approximate surface area is 206 Å². The lowest BCUT2D eigenvalue weighted by atomic mass is 10.1. The van der Waals surface area contributed by atoms with Crippen molar-refractivity contribution in [2.24, 2.45) is 0 Å². The average Bonchev–Trinajstić information content (AvgIpc) is 3.65. The van der Waals surface area contributed by atoms with E-state index in [-0.39, 0.29) is 11.7 Å². The lowest BCUT2D eigenvalue weighted by Gasteiger charge is -2.16. The molecule has 35 heavy (non-hydrogen) atoms. The topological polar surface area (TPSA) is 79.2 Å². The smallest absolute Gasteiger partial charge is 0.262 e. The fraction of sp³-hybridized carbons (Fsp3) is 0.308. The van der Waals surface area contributed by atoms with Crippen LogP contribution in [0.15, 0.2) is 70.7 Å². The van der Waals surface area contributed by atoms with Gasteiger partial charge in [-0.3, -0.25) is 13.8 Å². The summed E-state index contributed by atoms with van der Waals surface area (Å²) in [4.78, 5) is 17.7. The monoisotopic (exact) mass is 486 g/mol. The van der Waals surface area contributed by atoms with Crippen molar-refractivity contribution >= 4 is 28.4 Å². The number of ether oxygens (including phenoxy) is 1. The van der Waals surface area contributed by atoms with Gasteiger partial charge in [0.25, 0.3) is 5.56 Å². The molecule has 3 aromatic heterocycles. The lowest BCUT2D eigenvalue weighted by Crippen LogP contribution is -2.22. The highest BCUT2D eigenvalue weighted by Gasteiger charge is 2.22. The van der Waals surface area contributed by atoms with E-state index in [9.17, 15) is 4.79 Å². The molecule has 8 nitrogen and oxygen atoms in total. The number of rotatable bonds is 7. The molecule has 0 radical (unpaired) electrons. The lowest BCUT2D eigenvalue weighted by molar-refractivity contribution is 0.0954. The number of imidazole rings is 1. The summed E-state index contributed by atoms with van der Waals surface area (Å²) in [6, 6.07) is 18.0. The molecule has 4 heterocycles. The van der Waals surface area contributed by atoms with Crippen molar-refractivity contribution in [3.63, 3.8) is 0 Å². The minimum absolute atomic E-state index is 0.0400. The van der Waals surface area contributed by atoms with Crippen molar-refractivity contribution in [1.29, 1.82) is 0 Å². The zero-order chi connectivity index (χ0) is 23.8. The van der Waals surface area contributed by atoms with E-state index in [4.69, 9.17) is 9.72 Å². The molecule has 6 rings (SSSR count). The molecule has 1 atom stereocenters. The van der Waals surface area contributed by atoms with Crippen molar-refractivity contribution in [3.8, 4) is 11.3 Å². The van der Waals surface area contributed by atoms with Crippen LogP contribution in [-0.2, 0) is 23.6 Å². The third-order valence-corrected chi connectivity index (χ3v) is 7.51. The quantitative estimate of drug-likeness (QED) is 0.317. The zero-order valence-corrected chi connectivity index (χ0v) is 20.3. The van der Waals surface area contributed by atoms with E-state index in [0.29, 0.717) is 23.5 Å². The van der Waals surface area contributed by atoms with Crippen molar-refractivity contribution < 1.29 is 4.74 Å². The second-order valence-electron chi connectivity index (χ2n) is 8.64. The van der Waals surface area contributed by atoms with Gasteiger partial charge in [-0.1, -0.05) is 54.2 Å². The highest BCUT2D eigenvalue weighted by molar-refractivity contribution is 7.98. The Balaban J connectivity index is 1.38. The molecule has 9 heteroatoms. The first-order chi connectivity index (χ1) is 17.2. The van der Waals surface area contributed by atoms with E-state index in [1.165, 1.54) is 0 Å². The standard InChI is InChI=1S/C26H26N6O2S/c1-2-30-24(33)20-12-6-7-13-21(20)32-23(28-29-25(30)32)17-35-26-27-15-22(18-9-4-3-5-10-18)31(26)16-19-11-8-14-34-19/h3-7,9-10,12-13,15,19H,2,8,11,14,16-17H2,1H3. The van der Waals surface area contributed by atoms with Crippen molar-refractivity contribution in [2.75, 3.05) is 6.61 Å². The summed E-state index contributed by atoms with van der Waals surface area (Å²) in [7, 11) is 0. The van der Waals surface area contributed by atoms with Gasteiger partial charge in [0.1, 0.15) is 5.82 Å². The van der Waals surface area contributed by atoms with Gasteiger partial charge in [0.15, 0.2) is 5.16 Å². The Kier molecular flexibility index (Phi) is 5.87.